The number of nitrogens with one attached hydrogen (secondary N) is 9. The Morgan fingerprint density at radius 3 is 1.01 bits per heavy atom. The van der Waals surface area contributed by atoms with Crippen molar-refractivity contribution in [3.05, 3.63) is 276 Å². The molecule has 137 heavy (non-hydrogen) atoms. The smallest absolute Gasteiger partial charge is 0.224 e. The van der Waals surface area contributed by atoms with E-state index in [1.165, 1.54) is 45.3 Å². The fourth-order valence-electron chi connectivity index (χ4n) is 16.2. The number of hydrogen-bond donors (Lipinski definition) is 10. The minimum Gasteiger partial charge on any atom is -0.397 e. The van der Waals surface area contributed by atoms with Crippen LogP contribution in [0.15, 0.2) is 251 Å². The van der Waals surface area contributed by atoms with Gasteiger partial charge in [-0.3, -0.25) is 84.2 Å². The number of ketones is 4. The van der Waals surface area contributed by atoms with E-state index in [4.69, 9.17) is 25.7 Å². The average molecular weight is 1870 g/mol. The third kappa shape index (κ3) is 17.3. The number of nitrogens with zero attached hydrogens (tertiary/aromatic N) is 16. The molecule has 0 fully saturated rings. The van der Waals surface area contributed by atoms with Crippen molar-refractivity contribution in [1.29, 1.82) is 0 Å². The third-order valence-corrected chi connectivity index (χ3v) is 27.9. The molecular weight excluding hydrogens is 1800 g/mol. The van der Waals surface area contributed by atoms with Gasteiger partial charge >= 0.3 is 0 Å². The van der Waals surface area contributed by atoms with E-state index in [1.54, 1.807) is 114 Å². The zero-order chi connectivity index (χ0) is 93.8. The van der Waals surface area contributed by atoms with Crippen molar-refractivity contribution < 1.29 is 24.0 Å². The molecule has 0 aliphatic heterocycles. The Balaban J connectivity index is 0.000000109. The first kappa shape index (κ1) is 86.3. The Morgan fingerprint density at radius 2 is 0.664 bits per heavy atom. The Morgan fingerprint density at radius 1 is 0.328 bits per heavy atom. The highest BCUT2D eigenvalue weighted by Crippen LogP contribution is 2.43. The SMILES string of the molecule is CC(=O)c1ccc(-c2cncc3[nH]c(-c4n[nH]c5ccc(-c6cccnc6)cc45)nc23)s1.CC(=O)c1ccc(-c2cncc3[nH]c(-c4n[nH]c5ccc(-c6cncc(N)c6)cc45)nc23)s1.CC(=O)c1ccc(-c2cncc3[nH]c(-c4n[nH]c5ccc(-c6cncc(NC(=O)CC(C)C)c6)cc45)nc23)s1.CC(=O)c1ccc(-c2cncc3[nH]c(-c4n[nH]c5ccc(-c6cnccc6C)cc45)nc23)s1. The van der Waals surface area contributed by atoms with Crippen LogP contribution >= 0.6 is 45.3 Å². The first-order chi connectivity index (χ1) is 66.7. The summed E-state index contributed by atoms with van der Waals surface area (Å²) < 4.78 is 0. The van der Waals surface area contributed by atoms with Gasteiger partial charge in [0.1, 0.15) is 44.8 Å². The Bertz CT molecular complexity index is 8860. The van der Waals surface area contributed by atoms with Gasteiger partial charge in [-0.1, -0.05) is 44.2 Å². The summed E-state index contributed by atoms with van der Waals surface area (Å²) in [5.74, 6) is 2.99. The van der Waals surface area contributed by atoms with Crippen molar-refractivity contribution in [3.63, 3.8) is 0 Å². The number of hydrogen-bond acceptors (Lipinski definition) is 26. The molecule has 24 rings (SSSR count). The average Bonchev–Trinajstić information content (AvgIpc) is 1.62. The van der Waals surface area contributed by atoms with Crippen molar-refractivity contribution in [2.24, 2.45) is 5.92 Å². The number of fused-ring (bicyclic) bond motifs is 8. The van der Waals surface area contributed by atoms with Crippen LogP contribution < -0.4 is 11.1 Å². The number of thiophene rings is 4. The van der Waals surface area contributed by atoms with E-state index in [-0.39, 0.29) is 35.0 Å². The Labute approximate surface area is 792 Å². The van der Waals surface area contributed by atoms with Gasteiger partial charge < -0.3 is 31.0 Å². The Hall–Kier alpha value is -17.4. The minimum atomic E-state index is -0.0321. The lowest BCUT2D eigenvalue weighted by Crippen LogP contribution is -2.13. The Kier molecular flexibility index (Phi) is 22.9. The topological polar surface area (TPSA) is 456 Å². The minimum absolute atomic E-state index is 0.0321. The zero-order valence-electron chi connectivity index (χ0n) is 73.9. The second-order valence-electron chi connectivity index (χ2n) is 32.9. The van der Waals surface area contributed by atoms with Crippen LogP contribution in [-0.4, -0.2) is 150 Å². The van der Waals surface area contributed by atoms with E-state index in [2.05, 4.69) is 137 Å². The molecule has 668 valence electrons. The number of benzene rings is 4. The lowest BCUT2D eigenvalue weighted by atomic mass is 10.0. The molecule has 0 aliphatic rings. The number of pyridine rings is 8. The fraction of sp³-hybridized carbons (Fsp3) is 0.0882. The van der Waals surface area contributed by atoms with Crippen LogP contribution in [0.2, 0.25) is 0 Å². The number of amides is 1. The number of Topliss-reactive ketones (excluding diaryl/α,β-unsaturated/α-hetero) is 4. The van der Waals surface area contributed by atoms with Crippen LogP contribution in [-0.2, 0) is 4.79 Å². The summed E-state index contributed by atoms with van der Waals surface area (Å²) in [6, 6.07) is 49.3. The van der Waals surface area contributed by atoms with E-state index in [1.807, 2.05) is 154 Å². The standard InChI is InChI=1S/C29H25N7O2S.C25H18N6OS.C24H17N7OS.C24H16N6OS/c1-15(2)8-26(38)32-19-9-18(11-30-12-19)17-4-5-22-20(10-17)28(36-35-22)29-33-23-14-31-13-21(27(23)34-29)25-7-6-24(39-25)16(3)37;1-13-7-8-26-10-17(13)15-3-4-19-16(9-15)24(31-30-19)25-28-20-12-27-11-18(23(20)29-25)22-6-5-21(33-22)14(2)32;1-12(32)20-4-5-21(33-20)17-10-27-11-19-22(17)29-24(28-19)23-16-7-13(2-3-18(16)30-31-23)14-6-15(25)9-26-8-14;1-13(31)20-6-7-21(32-20)17-11-26-12-19-22(17)28-24(27-19)23-16-9-14(4-5-18(16)29-30-23)15-3-2-8-25-10-15/h4-7,9-15H,8H2,1-3H3,(H,32,38)(H,33,34)(H,35,36);3-12H,1-2H3,(H,28,29)(H,30,31);2-11H,25H2,1H3,(H,28,29)(H,30,31);2-12H,1H3,(H,27,28)(H,29,30). The summed E-state index contributed by atoms with van der Waals surface area (Å²) in [6.45, 7) is 12.4. The van der Waals surface area contributed by atoms with Crippen LogP contribution in [0.5, 0.6) is 0 Å². The molecule has 0 saturated carbocycles. The number of aryl methyl sites for hydroxylation is 1. The lowest BCUT2D eigenvalue weighted by Gasteiger charge is -2.09. The van der Waals surface area contributed by atoms with Crippen LogP contribution in [0.25, 0.3) is 220 Å². The monoisotopic (exact) mass is 1870 g/mol. The molecule has 35 heteroatoms. The predicted octanol–water partition coefficient (Wildman–Crippen LogP) is 22.9. The number of aromatic amines is 8. The van der Waals surface area contributed by atoms with E-state index in [0.717, 1.165) is 191 Å². The molecule has 0 spiro atoms. The largest absolute Gasteiger partial charge is 0.397 e. The van der Waals surface area contributed by atoms with Crippen molar-refractivity contribution in [3.8, 4) is 132 Å². The third-order valence-electron chi connectivity index (χ3n) is 23.0. The normalized spacial score (nSPS) is 11.4. The van der Waals surface area contributed by atoms with E-state index in [0.29, 0.717) is 72.0 Å². The van der Waals surface area contributed by atoms with Gasteiger partial charge in [0, 0.05) is 160 Å². The molecule has 31 nitrogen and oxygen atoms in total. The highest BCUT2D eigenvalue weighted by Gasteiger charge is 2.25. The number of nitrogens with two attached hydrogens (primary N) is 1. The molecule has 0 atom stereocenters. The highest BCUT2D eigenvalue weighted by atomic mass is 32.1. The van der Waals surface area contributed by atoms with Gasteiger partial charge in [0.15, 0.2) is 46.4 Å². The van der Waals surface area contributed by atoms with Crippen molar-refractivity contribution in [1.82, 2.24) is 121 Å². The molecule has 0 aliphatic carbocycles. The molecule has 11 N–H and O–H groups in total. The lowest BCUT2D eigenvalue weighted by molar-refractivity contribution is -0.116. The van der Waals surface area contributed by atoms with Crippen molar-refractivity contribution >= 4 is 174 Å². The molecule has 20 heterocycles. The van der Waals surface area contributed by atoms with Gasteiger partial charge in [-0.05, 0) is 190 Å². The van der Waals surface area contributed by atoms with Gasteiger partial charge in [-0.25, -0.2) is 19.9 Å². The number of imidazole rings is 4. The summed E-state index contributed by atoms with van der Waals surface area (Å²) in [4.78, 5) is 133. The summed E-state index contributed by atoms with van der Waals surface area (Å²) in [5.41, 5.74) is 32.7. The van der Waals surface area contributed by atoms with Crippen LogP contribution in [0, 0.1) is 12.8 Å². The summed E-state index contributed by atoms with van der Waals surface area (Å²) in [7, 11) is 0. The second kappa shape index (κ2) is 36.3. The number of aromatic nitrogens is 24. The first-order valence-corrected chi connectivity index (χ1v) is 46.5. The van der Waals surface area contributed by atoms with Crippen LogP contribution in [0.3, 0.4) is 0 Å². The molecule has 1 amide bonds. The number of rotatable bonds is 19. The molecule has 0 unspecified atom stereocenters. The van der Waals surface area contributed by atoms with E-state index >= 15 is 0 Å². The van der Waals surface area contributed by atoms with Crippen molar-refractivity contribution in [2.75, 3.05) is 11.1 Å². The predicted molar refractivity (Wildman–Crippen MR) is 539 cm³/mol. The molecule has 20 aromatic heterocycles. The first-order valence-electron chi connectivity index (χ1n) is 43.2. The molecule has 0 saturated heterocycles. The molecule has 0 radical (unpaired) electrons. The maximum atomic E-state index is 12.3. The zero-order valence-corrected chi connectivity index (χ0v) is 77.1. The number of anilines is 2. The van der Waals surface area contributed by atoms with E-state index < -0.39 is 0 Å². The van der Waals surface area contributed by atoms with E-state index in [9.17, 15) is 24.0 Å². The van der Waals surface area contributed by atoms with Crippen LogP contribution in [0.4, 0.5) is 11.4 Å². The number of H-pyrrole nitrogens is 8. The fourth-order valence-corrected chi connectivity index (χ4v) is 19.9. The van der Waals surface area contributed by atoms with Gasteiger partial charge in [0.05, 0.1) is 106 Å². The summed E-state index contributed by atoms with van der Waals surface area (Å²) in [5, 5.41) is 37.2. The van der Waals surface area contributed by atoms with Gasteiger partial charge in [0.2, 0.25) is 5.91 Å². The highest BCUT2D eigenvalue weighted by molar-refractivity contribution is 7.18. The second-order valence-corrected chi connectivity index (χ2v) is 37.3. The molecular formula is C102H76N26O5S4. The van der Waals surface area contributed by atoms with Crippen molar-refractivity contribution in [2.45, 2.75) is 54.9 Å². The number of carbonyl (C=O) groups excluding carboxylic acids is 5. The van der Waals surface area contributed by atoms with Gasteiger partial charge in [-0.15, -0.1) is 45.3 Å². The van der Waals surface area contributed by atoms with Gasteiger partial charge in [0.25, 0.3) is 0 Å². The summed E-state index contributed by atoms with van der Waals surface area (Å²) in [6.07, 6.45) is 28.7. The van der Waals surface area contributed by atoms with Crippen LogP contribution in [0.1, 0.15) is 92.2 Å². The quantitative estimate of drug-likeness (QED) is 0.0336. The molecule has 24 aromatic rings. The summed E-state index contributed by atoms with van der Waals surface area (Å²) >= 11 is 5.76. The molecule has 0 bridgehead atoms. The molecule has 4 aromatic carbocycles. The van der Waals surface area contributed by atoms with Gasteiger partial charge in [-0.2, -0.15) is 20.4 Å². The maximum absolute atomic E-state index is 12.3. The maximum Gasteiger partial charge on any atom is 0.224 e. The number of nitrogen functional groups attached to an aromatic ring is 1. The number of carbonyl (C=O) groups is 5.